The van der Waals surface area contributed by atoms with Gasteiger partial charge in [-0.15, -0.1) is 5.10 Å². The van der Waals surface area contributed by atoms with Crippen LogP contribution in [0.25, 0.3) is 0 Å². The molecule has 5 heteroatoms. The zero-order valence-corrected chi connectivity index (χ0v) is 11.3. The molecule has 0 aliphatic rings. The van der Waals surface area contributed by atoms with Crippen molar-refractivity contribution in [3.8, 4) is 0 Å². The van der Waals surface area contributed by atoms with E-state index in [2.05, 4.69) is 27.3 Å². The average molecular weight is 258 g/mol. The number of benzene rings is 1. The molecular formula is C14H18N4O. The van der Waals surface area contributed by atoms with Gasteiger partial charge in [-0.1, -0.05) is 30.3 Å². The number of H-pyrrole nitrogens is 1. The number of carbonyl (C=O) groups excluding carboxylic acids is 1. The van der Waals surface area contributed by atoms with Crippen molar-refractivity contribution in [1.29, 1.82) is 0 Å². The zero-order chi connectivity index (χ0) is 13.7. The van der Waals surface area contributed by atoms with Crippen molar-refractivity contribution < 1.29 is 4.79 Å². The maximum Gasteiger partial charge on any atom is 0.293 e. The van der Waals surface area contributed by atoms with Crippen LogP contribution < -0.4 is 0 Å². The van der Waals surface area contributed by atoms with E-state index >= 15 is 0 Å². The fraction of sp³-hybridized carbons (Fsp3) is 0.357. The Labute approximate surface area is 112 Å². The highest BCUT2D eigenvalue weighted by Gasteiger charge is 2.18. The van der Waals surface area contributed by atoms with E-state index in [4.69, 9.17) is 0 Å². The zero-order valence-electron chi connectivity index (χ0n) is 11.3. The van der Waals surface area contributed by atoms with Crippen LogP contribution in [0.2, 0.25) is 0 Å². The fourth-order valence-electron chi connectivity index (χ4n) is 1.89. The van der Waals surface area contributed by atoms with Crippen LogP contribution in [0.5, 0.6) is 0 Å². The normalized spacial score (nSPS) is 10.4. The number of nitrogens with zero attached hydrogens (tertiary/aromatic N) is 3. The van der Waals surface area contributed by atoms with E-state index in [0.29, 0.717) is 18.9 Å². The van der Waals surface area contributed by atoms with Crippen molar-refractivity contribution in [2.75, 3.05) is 13.1 Å². The Morgan fingerprint density at radius 1 is 1.32 bits per heavy atom. The number of amides is 1. The Kier molecular flexibility index (Phi) is 4.28. The summed E-state index contributed by atoms with van der Waals surface area (Å²) in [4.78, 5) is 18.0. The van der Waals surface area contributed by atoms with Crippen molar-refractivity contribution in [2.24, 2.45) is 0 Å². The molecule has 1 N–H and O–H groups in total. The molecule has 0 unspecified atom stereocenters. The first kappa shape index (κ1) is 13.3. The summed E-state index contributed by atoms with van der Waals surface area (Å²) >= 11 is 0. The second kappa shape index (κ2) is 6.13. The van der Waals surface area contributed by atoms with Gasteiger partial charge in [0.25, 0.3) is 5.91 Å². The first-order valence-corrected chi connectivity index (χ1v) is 6.43. The van der Waals surface area contributed by atoms with Crippen LogP contribution in [-0.2, 0) is 6.42 Å². The number of carbonyl (C=O) groups is 1. The summed E-state index contributed by atoms with van der Waals surface area (Å²) in [6, 6.07) is 10.1. The van der Waals surface area contributed by atoms with Crippen LogP contribution in [0.4, 0.5) is 0 Å². The lowest BCUT2D eigenvalue weighted by molar-refractivity contribution is 0.0754. The Hall–Kier alpha value is -2.17. The minimum absolute atomic E-state index is 0.122. The van der Waals surface area contributed by atoms with Crippen LogP contribution >= 0.6 is 0 Å². The number of rotatable bonds is 5. The number of likely N-dealkylation sites (N-methyl/N-ethyl adjacent to an activating group) is 1. The predicted octanol–water partition coefficient (Wildman–Crippen LogP) is 1.82. The second-order valence-electron chi connectivity index (χ2n) is 4.36. The lowest BCUT2D eigenvalue weighted by Gasteiger charge is -2.19. The van der Waals surface area contributed by atoms with E-state index in [9.17, 15) is 4.79 Å². The molecular weight excluding hydrogens is 240 g/mol. The van der Waals surface area contributed by atoms with Crippen LogP contribution in [0.15, 0.2) is 30.3 Å². The van der Waals surface area contributed by atoms with E-state index in [1.807, 2.05) is 25.1 Å². The first-order chi connectivity index (χ1) is 9.20. The summed E-state index contributed by atoms with van der Waals surface area (Å²) in [6.45, 7) is 5.07. The van der Waals surface area contributed by atoms with Gasteiger partial charge in [0.15, 0.2) is 0 Å². The first-order valence-electron chi connectivity index (χ1n) is 6.43. The van der Waals surface area contributed by atoms with Gasteiger partial charge in [-0.3, -0.25) is 9.89 Å². The van der Waals surface area contributed by atoms with E-state index in [-0.39, 0.29) is 11.7 Å². The van der Waals surface area contributed by atoms with E-state index in [1.54, 1.807) is 11.8 Å². The van der Waals surface area contributed by atoms with E-state index in [1.165, 1.54) is 5.56 Å². The van der Waals surface area contributed by atoms with Crippen molar-refractivity contribution in [2.45, 2.75) is 20.3 Å². The summed E-state index contributed by atoms with van der Waals surface area (Å²) in [5, 5.41) is 6.61. The second-order valence-corrected chi connectivity index (χ2v) is 4.36. The number of hydrogen-bond acceptors (Lipinski definition) is 3. The minimum atomic E-state index is -0.122. The highest BCUT2D eigenvalue weighted by molar-refractivity contribution is 5.90. The molecule has 1 aromatic carbocycles. The number of aromatic amines is 1. The van der Waals surface area contributed by atoms with Crippen LogP contribution in [0.1, 0.15) is 28.9 Å². The molecule has 2 rings (SSSR count). The third-order valence-electron chi connectivity index (χ3n) is 2.97. The molecule has 19 heavy (non-hydrogen) atoms. The average Bonchev–Trinajstić information content (AvgIpc) is 2.87. The van der Waals surface area contributed by atoms with Gasteiger partial charge in [0.05, 0.1) is 0 Å². The fourth-order valence-corrected chi connectivity index (χ4v) is 1.89. The molecule has 0 radical (unpaired) electrons. The molecule has 0 aliphatic carbocycles. The Morgan fingerprint density at radius 2 is 2.05 bits per heavy atom. The van der Waals surface area contributed by atoms with Gasteiger partial charge in [-0.05, 0) is 25.8 Å². The highest BCUT2D eigenvalue weighted by atomic mass is 16.2. The minimum Gasteiger partial charge on any atom is -0.336 e. The van der Waals surface area contributed by atoms with E-state index in [0.717, 1.165) is 6.42 Å². The summed E-state index contributed by atoms with van der Waals surface area (Å²) in [7, 11) is 0. The SMILES string of the molecule is CCN(CCc1ccccc1)C(=O)c1n[nH]c(C)n1. The predicted molar refractivity (Wildman–Crippen MR) is 72.8 cm³/mol. The van der Waals surface area contributed by atoms with Crippen LogP contribution in [-0.4, -0.2) is 39.1 Å². The molecule has 0 atom stereocenters. The number of hydrogen-bond donors (Lipinski definition) is 1. The van der Waals surface area contributed by atoms with Gasteiger partial charge in [0.2, 0.25) is 5.82 Å². The molecule has 1 amide bonds. The molecule has 0 spiro atoms. The lowest BCUT2D eigenvalue weighted by Crippen LogP contribution is -2.33. The third-order valence-corrected chi connectivity index (χ3v) is 2.97. The van der Waals surface area contributed by atoms with Gasteiger partial charge in [-0.25, -0.2) is 4.98 Å². The molecule has 0 saturated carbocycles. The molecule has 0 fully saturated rings. The Bertz CT molecular complexity index is 535. The van der Waals surface area contributed by atoms with E-state index < -0.39 is 0 Å². The maximum atomic E-state index is 12.2. The third kappa shape index (κ3) is 3.40. The van der Waals surface area contributed by atoms with Crippen LogP contribution in [0.3, 0.4) is 0 Å². The molecule has 5 nitrogen and oxygen atoms in total. The standard InChI is InChI=1S/C14H18N4O/c1-3-18(10-9-12-7-5-4-6-8-12)14(19)13-15-11(2)16-17-13/h4-8H,3,9-10H2,1-2H3,(H,15,16,17). The topological polar surface area (TPSA) is 61.9 Å². The molecule has 0 saturated heterocycles. The van der Waals surface area contributed by atoms with Gasteiger partial charge in [0, 0.05) is 13.1 Å². The summed E-state index contributed by atoms with van der Waals surface area (Å²) in [5.74, 6) is 0.776. The van der Waals surface area contributed by atoms with Crippen molar-refractivity contribution in [3.63, 3.8) is 0 Å². The highest BCUT2D eigenvalue weighted by Crippen LogP contribution is 2.04. The monoisotopic (exact) mass is 258 g/mol. The molecule has 0 aliphatic heterocycles. The molecule has 0 bridgehead atoms. The van der Waals surface area contributed by atoms with Gasteiger partial charge in [0.1, 0.15) is 5.82 Å². The van der Waals surface area contributed by atoms with Gasteiger partial charge >= 0.3 is 0 Å². The Balaban J connectivity index is 1.98. The van der Waals surface area contributed by atoms with Gasteiger partial charge in [-0.2, -0.15) is 0 Å². The van der Waals surface area contributed by atoms with Crippen molar-refractivity contribution in [3.05, 3.63) is 47.5 Å². The lowest BCUT2D eigenvalue weighted by atomic mass is 10.1. The quantitative estimate of drug-likeness (QED) is 0.889. The van der Waals surface area contributed by atoms with Crippen molar-refractivity contribution >= 4 is 5.91 Å². The molecule has 2 aromatic rings. The number of aryl methyl sites for hydroxylation is 1. The molecule has 1 heterocycles. The number of nitrogens with one attached hydrogen (secondary N) is 1. The Morgan fingerprint density at radius 3 is 2.63 bits per heavy atom. The van der Waals surface area contributed by atoms with Gasteiger partial charge < -0.3 is 4.90 Å². The maximum absolute atomic E-state index is 12.2. The van der Waals surface area contributed by atoms with Crippen LogP contribution in [0, 0.1) is 6.92 Å². The molecule has 100 valence electrons. The van der Waals surface area contributed by atoms with Crippen molar-refractivity contribution in [1.82, 2.24) is 20.1 Å². The summed E-state index contributed by atoms with van der Waals surface area (Å²) in [6.07, 6.45) is 0.837. The smallest absolute Gasteiger partial charge is 0.293 e. The summed E-state index contributed by atoms with van der Waals surface area (Å²) in [5.41, 5.74) is 1.22. The number of aromatic nitrogens is 3. The summed E-state index contributed by atoms with van der Waals surface area (Å²) < 4.78 is 0. The largest absolute Gasteiger partial charge is 0.336 e. The molecule has 1 aromatic heterocycles.